The lowest BCUT2D eigenvalue weighted by Gasteiger charge is -2.15. The van der Waals surface area contributed by atoms with E-state index in [0.717, 1.165) is 4.90 Å². The second-order valence-electron chi connectivity index (χ2n) is 4.98. The summed E-state index contributed by atoms with van der Waals surface area (Å²) in [7, 11) is 0. The molecule has 0 aliphatic carbocycles. The predicted molar refractivity (Wildman–Crippen MR) is 81.3 cm³/mol. The number of phenolic OH excluding ortho intramolecular Hbond substituents is 2. The second kappa shape index (κ2) is 5.04. The fourth-order valence-corrected chi connectivity index (χ4v) is 2.49. The van der Waals surface area contributed by atoms with Gasteiger partial charge in [-0.05, 0) is 48.4 Å². The number of fused-ring (bicyclic) bond motifs is 1. The Morgan fingerprint density at radius 2 is 1.73 bits per heavy atom. The van der Waals surface area contributed by atoms with Gasteiger partial charge in [-0.25, -0.2) is 4.90 Å². The van der Waals surface area contributed by atoms with Gasteiger partial charge in [0, 0.05) is 0 Å². The van der Waals surface area contributed by atoms with Gasteiger partial charge in [0.15, 0.2) is 0 Å². The third-order valence-corrected chi connectivity index (χ3v) is 3.56. The van der Waals surface area contributed by atoms with Crippen LogP contribution in [0, 0.1) is 0 Å². The van der Waals surface area contributed by atoms with Gasteiger partial charge in [-0.2, -0.15) is 0 Å². The maximum atomic E-state index is 12.4. The number of phenols is 2. The van der Waals surface area contributed by atoms with E-state index in [1.807, 2.05) is 0 Å². The minimum atomic E-state index is -0.494. The lowest BCUT2D eigenvalue weighted by Crippen LogP contribution is -2.29. The predicted octanol–water partition coefficient (Wildman–Crippen LogP) is 2.63. The standard InChI is InChI=1S/C17H13NO4/c1-2-3-10-8-11(4-7-15(10)20)18-16(21)13-6-5-12(19)9-14(13)17(18)22/h2,4-9,19-20H,1,3H2. The molecule has 0 aromatic heterocycles. The van der Waals surface area contributed by atoms with Crippen LogP contribution in [0.2, 0.25) is 0 Å². The normalized spacial score (nSPS) is 13.4. The largest absolute Gasteiger partial charge is 0.508 e. The highest BCUT2D eigenvalue weighted by Crippen LogP contribution is 2.32. The third kappa shape index (κ3) is 2.03. The number of carbonyl (C=O) groups is 2. The first-order valence-corrected chi connectivity index (χ1v) is 6.67. The first-order chi connectivity index (χ1) is 10.5. The Balaban J connectivity index is 2.07. The van der Waals surface area contributed by atoms with Gasteiger partial charge < -0.3 is 10.2 Å². The number of anilines is 1. The zero-order valence-corrected chi connectivity index (χ0v) is 11.6. The number of imide groups is 1. The summed E-state index contributed by atoms with van der Waals surface area (Å²) in [6.07, 6.45) is 2.04. The van der Waals surface area contributed by atoms with Gasteiger partial charge in [0.1, 0.15) is 11.5 Å². The summed E-state index contributed by atoms with van der Waals surface area (Å²) in [6, 6.07) is 8.60. The van der Waals surface area contributed by atoms with E-state index in [2.05, 4.69) is 6.58 Å². The summed E-state index contributed by atoms with van der Waals surface area (Å²) in [5.74, 6) is -0.931. The number of allylic oxidation sites excluding steroid dienone is 1. The molecule has 5 heteroatoms. The van der Waals surface area contributed by atoms with Gasteiger partial charge in [0.05, 0.1) is 16.8 Å². The van der Waals surface area contributed by atoms with E-state index in [4.69, 9.17) is 0 Å². The topological polar surface area (TPSA) is 77.8 Å². The van der Waals surface area contributed by atoms with Crippen LogP contribution in [0.4, 0.5) is 5.69 Å². The van der Waals surface area contributed by atoms with Crippen molar-refractivity contribution in [3.63, 3.8) is 0 Å². The molecule has 2 aromatic rings. The van der Waals surface area contributed by atoms with Gasteiger partial charge >= 0.3 is 0 Å². The smallest absolute Gasteiger partial charge is 0.266 e. The Morgan fingerprint density at radius 1 is 1.00 bits per heavy atom. The first kappa shape index (κ1) is 13.9. The number of carbonyl (C=O) groups excluding carboxylic acids is 2. The number of hydrogen-bond donors (Lipinski definition) is 2. The molecule has 5 nitrogen and oxygen atoms in total. The molecule has 2 amide bonds. The SMILES string of the molecule is C=CCc1cc(N2C(=O)c3ccc(O)cc3C2=O)ccc1O. The van der Waals surface area contributed by atoms with Gasteiger partial charge in [-0.1, -0.05) is 6.08 Å². The number of aromatic hydroxyl groups is 2. The van der Waals surface area contributed by atoms with Gasteiger partial charge in [0.2, 0.25) is 0 Å². The number of hydrogen-bond acceptors (Lipinski definition) is 4. The quantitative estimate of drug-likeness (QED) is 0.674. The summed E-state index contributed by atoms with van der Waals surface area (Å²) in [5.41, 5.74) is 1.37. The molecule has 0 bridgehead atoms. The van der Waals surface area contributed by atoms with Gasteiger partial charge in [0.25, 0.3) is 11.8 Å². The Morgan fingerprint density at radius 3 is 2.45 bits per heavy atom. The third-order valence-electron chi connectivity index (χ3n) is 3.56. The van der Waals surface area contributed by atoms with Gasteiger partial charge in [-0.15, -0.1) is 6.58 Å². The van der Waals surface area contributed by atoms with Crippen LogP contribution >= 0.6 is 0 Å². The summed E-state index contributed by atoms with van der Waals surface area (Å²) in [6.45, 7) is 3.61. The van der Waals surface area contributed by atoms with E-state index in [0.29, 0.717) is 17.7 Å². The van der Waals surface area contributed by atoms with Crippen molar-refractivity contribution < 1.29 is 19.8 Å². The molecule has 0 radical (unpaired) electrons. The van der Waals surface area contributed by atoms with Crippen LogP contribution in [-0.2, 0) is 6.42 Å². The van der Waals surface area contributed by atoms with Crippen molar-refractivity contribution in [3.8, 4) is 11.5 Å². The van der Waals surface area contributed by atoms with Crippen molar-refractivity contribution in [1.29, 1.82) is 0 Å². The molecule has 1 heterocycles. The highest BCUT2D eigenvalue weighted by atomic mass is 16.3. The van der Waals surface area contributed by atoms with Crippen LogP contribution in [0.25, 0.3) is 0 Å². The molecule has 110 valence electrons. The molecule has 2 N–H and O–H groups in total. The first-order valence-electron chi connectivity index (χ1n) is 6.67. The van der Waals surface area contributed by atoms with Crippen molar-refractivity contribution in [2.45, 2.75) is 6.42 Å². The van der Waals surface area contributed by atoms with E-state index in [1.165, 1.54) is 30.3 Å². The molecule has 0 atom stereocenters. The molecular weight excluding hydrogens is 282 g/mol. The lowest BCUT2D eigenvalue weighted by molar-refractivity contribution is 0.0926. The molecule has 22 heavy (non-hydrogen) atoms. The summed E-state index contributed by atoms with van der Waals surface area (Å²) < 4.78 is 0. The average Bonchev–Trinajstić information content (AvgIpc) is 2.73. The lowest BCUT2D eigenvalue weighted by atomic mass is 10.1. The van der Waals surface area contributed by atoms with Crippen molar-refractivity contribution in [2.75, 3.05) is 4.90 Å². The summed E-state index contributed by atoms with van der Waals surface area (Å²) in [5, 5.41) is 19.3. The minimum Gasteiger partial charge on any atom is -0.508 e. The van der Waals surface area contributed by atoms with E-state index in [9.17, 15) is 19.8 Å². The molecule has 1 aliphatic heterocycles. The van der Waals surface area contributed by atoms with Crippen LogP contribution in [0.15, 0.2) is 49.1 Å². The highest BCUT2D eigenvalue weighted by molar-refractivity contribution is 6.34. The maximum Gasteiger partial charge on any atom is 0.266 e. The maximum absolute atomic E-state index is 12.4. The summed E-state index contributed by atoms with van der Waals surface area (Å²) in [4.78, 5) is 25.9. The molecule has 1 aliphatic rings. The number of rotatable bonds is 3. The molecule has 0 fully saturated rings. The van der Waals surface area contributed by atoms with Crippen molar-refractivity contribution >= 4 is 17.5 Å². The molecular formula is C17H13NO4. The number of nitrogens with zero attached hydrogens (tertiary/aromatic N) is 1. The van der Waals surface area contributed by atoms with Crippen LogP contribution < -0.4 is 4.90 Å². The Hall–Kier alpha value is -3.08. The monoisotopic (exact) mass is 295 g/mol. The molecule has 2 aromatic carbocycles. The van der Waals surface area contributed by atoms with Crippen LogP contribution in [-0.4, -0.2) is 22.0 Å². The Labute approximate surface area is 126 Å². The Kier molecular flexibility index (Phi) is 3.18. The van der Waals surface area contributed by atoms with Crippen LogP contribution in [0.3, 0.4) is 0 Å². The minimum absolute atomic E-state index is 0.0696. The number of benzene rings is 2. The highest BCUT2D eigenvalue weighted by Gasteiger charge is 2.37. The zero-order chi connectivity index (χ0) is 15.9. The van der Waals surface area contributed by atoms with Gasteiger partial charge in [-0.3, -0.25) is 9.59 Å². The molecule has 0 saturated heterocycles. The fourth-order valence-electron chi connectivity index (χ4n) is 2.49. The molecule has 0 unspecified atom stereocenters. The Bertz CT molecular complexity index is 810. The molecule has 3 rings (SSSR count). The second-order valence-corrected chi connectivity index (χ2v) is 4.98. The van der Waals surface area contributed by atoms with Crippen molar-refractivity contribution in [2.24, 2.45) is 0 Å². The van der Waals surface area contributed by atoms with E-state index in [-0.39, 0.29) is 22.6 Å². The van der Waals surface area contributed by atoms with Crippen LogP contribution in [0.5, 0.6) is 11.5 Å². The van der Waals surface area contributed by atoms with Crippen molar-refractivity contribution in [3.05, 3.63) is 65.7 Å². The van der Waals surface area contributed by atoms with Crippen molar-refractivity contribution in [1.82, 2.24) is 0 Å². The van der Waals surface area contributed by atoms with E-state index < -0.39 is 11.8 Å². The zero-order valence-electron chi connectivity index (χ0n) is 11.6. The van der Waals surface area contributed by atoms with Crippen LogP contribution in [0.1, 0.15) is 26.3 Å². The fraction of sp³-hybridized carbons (Fsp3) is 0.0588. The average molecular weight is 295 g/mol. The van der Waals surface area contributed by atoms with E-state index >= 15 is 0 Å². The number of amides is 2. The molecule has 0 spiro atoms. The molecule has 0 saturated carbocycles. The van der Waals surface area contributed by atoms with E-state index in [1.54, 1.807) is 12.1 Å². The summed E-state index contributed by atoms with van der Waals surface area (Å²) >= 11 is 0.